The maximum Gasteiger partial charge on any atom is 0.275 e. The molecule has 2 heterocycles. The summed E-state index contributed by atoms with van der Waals surface area (Å²) in [5.74, 6) is 0.384. The summed E-state index contributed by atoms with van der Waals surface area (Å²) in [5, 5.41) is 37.4. The molecule has 4 aromatic rings. The third-order valence-corrected chi connectivity index (χ3v) is 7.44. The van der Waals surface area contributed by atoms with Crippen LogP contribution in [0.5, 0.6) is 28.7 Å². The molecule has 0 aromatic heterocycles. The van der Waals surface area contributed by atoms with Crippen molar-refractivity contribution in [3.8, 4) is 28.7 Å². The quantitative estimate of drug-likeness (QED) is 0.298. The van der Waals surface area contributed by atoms with Crippen LogP contribution in [-0.2, 0) is 5.54 Å². The highest BCUT2D eigenvalue weighted by Gasteiger charge is 2.57. The van der Waals surface area contributed by atoms with E-state index in [0.29, 0.717) is 39.3 Å². The molecule has 3 N–H and O–H groups in total. The molecular weight excluding hydrogens is 494 g/mol. The lowest BCUT2D eigenvalue weighted by molar-refractivity contribution is 0.0675. The second-order valence-corrected chi connectivity index (χ2v) is 9.50. The lowest BCUT2D eigenvalue weighted by Crippen LogP contribution is -2.44. The molecule has 4 aromatic carbocycles. The summed E-state index contributed by atoms with van der Waals surface area (Å²) in [6.07, 6.45) is 1.47. The number of rotatable bonds is 5. The smallest absolute Gasteiger partial charge is 0.275 e. The third kappa shape index (κ3) is 3.59. The van der Waals surface area contributed by atoms with Crippen LogP contribution in [0.4, 0.5) is 5.69 Å². The molecule has 0 unspecified atom stereocenters. The Morgan fingerprint density at radius 2 is 1.49 bits per heavy atom. The zero-order chi connectivity index (χ0) is 27.3. The van der Waals surface area contributed by atoms with Crippen LogP contribution in [0.3, 0.4) is 0 Å². The average molecular weight is 522 g/mol. The molecule has 1 amide bonds. The Hall–Kier alpha value is -4.98. The minimum absolute atomic E-state index is 0.00150. The Bertz CT molecular complexity index is 1590. The summed E-state index contributed by atoms with van der Waals surface area (Å²) in [5.41, 5.74) is 2.47. The zero-order valence-corrected chi connectivity index (χ0v) is 21.5. The van der Waals surface area contributed by atoms with Gasteiger partial charge >= 0.3 is 0 Å². The molecule has 196 valence electrons. The van der Waals surface area contributed by atoms with E-state index < -0.39 is 5.54 Å². The first kappa shape index (κ1) is 24.4. The van der Waals surface area contributed by atoms with E-state index in [1.165, 1.54) is 23.4 Å². The van der Waals surface area contributed by atoms with Crippen LogP contribution in [0.15, 0.2) is 84.0 Å². The molecule has 1 spiro atoms. The predicted octanol–water partition coefficient (Wildman–Crippen LogP) is 5.54. The number of ether oxygens (including phenoxy) is 1. The van der Waals surface area contributed by atoms with Crippen LogP contribution in [0, 0.1) is 0 Å². The summed E-state index contributed by atoms with van der Waals surface area (Å²) >= 11 is 0. The number of hydrazone groups is 1. The topological polar surface area (TPSA) is 106 Å². The highest BCUT2D eigenvalue weighted by atomic mass is 16.5. The Kier molecular flexibility index (Phi) is 5.68. The van der Waals surface area contributed by atoms with Crippen LogP contribution in [0.25, 0.3) is 0 Å². The van der Waals surface area contributed by atoms with Crippen LogP contribution >= 0.6 is 0 Å². The van der Waals surface area contributed by atoms with Crippen LogP contribution < -0.4 is 9.64 Å². The molecule has 0 bridgehead atoms. The molecule has 2 aliphatic heterocycles. The van der Waals surface area contributed by atoms with Crippen molar-refractivity contribution in [2.45, 2.75) is 19.4 Å². The number of carbonyl (C=O) groups excluding carboxylic acids is 1. The Morgan fingerprint density at radius 1 is 0.846 bits per heavy atom. The van der Waals surface area contributed by atoms with Crippen molar-refractivity contribution < 1.29 is 24.9 Å². The molecule has 0 saturated heterocycles. The van der Waals surface area contributed by atoms with Crippen molar-refractivity contribution in [1.82, 2.24) is 5.01 Å². The van der Waals surface area contributed by atoms with Gasteiger partial charge < -0.3 is 25.0 Å². The van der Waals surface area contributed by atoms with E-state index in [-0.39, 0.29) is 23.2 Å². The fourth-order valence-electron chi connectivity index (χ4n) is 5.62. The van der Waals surface area contributed by atoms with Gasteiger partial charge in [0.25, 0.3) is 5.91 Å². The van der Waals surface area contributed by atoms with Gasteiger partial charge in [-0.1, -0.05) is 18.2 Å². The van der Waals surface area contributed by atoms with E-state index in [9.17, 15) is 20.1 Å². The SMILES string of the molecule is CCN(CC)c1ccc(/C=N\N2C(=O)c3ccccc3C23c2ccc(O)cc2Oc2cc(O)ccc23)c(O)c1. The number of fused-ring (bicyclic) bond motifs is 6. The first-order valence-electron chi connectivity index (χ1n) is 12.8. The standard InChI is InChI=1S/C31H27N3O5/c1-3-33(4-2)20-10-9-19(27(37)15-20)18-32-34-30(38)23-7-5-6-8-24(23)31(34)25-13-11-21(35)16-28(25)39-29-17-22(36)12-14-26(29)31/h5-18,35-37H,3-4H2,1-2H3/b32-18-. The molecule has 0 saturated carbocycles. The van der Waals surface area contributed by atoms with E-state index in [1.54, 1.807) is 48.5 Å². The van der Waals surface area contributed by atoms with E-state index in [2.05, 4.69) is 23.8 Å². The molecule has 8 heteroatoms. The minimum Gasteiger partial charge on any atom is -0.508 e. The number of hydrogen-bond donors (Lipinski definition) is 3. The second-order valence-electron chi connectivity index (χ2n) is 9.50. The maximum absolute atomic E-state index is 14.0. The predicted molar refractivity (Wildman–Crippen MR) is 148 cm³/mol. The van der Waals surface area contributed by atoms with Gasteiger partial charge in [-0.25, -0.2) is 5.01 Å². The van der Waals surface area contributed by atoms with Gasteiger partial charge in [0.05, 0.1) is 6.21 Å². The average Bonchev–Trinajstić information content (AvgIpc) is 3.17. The number of anilines is 1. The molecule has 8 nitrogen and oxygen atoms in total. The monoisotopic (exact) mass is 521 g/mol. The molecule has 0 aliphatic carbocycles. The van der Waals surface area contributed by atoms with Gasteiger partial charge in [0.2, 0.25) is 0 Å². The molecule has 39 heavy (non-hydrogen) atoms. The van der Waals surface area contributed by atoms with Gasteiger partial charge in [-0.05, 0) is 56.3 Å². The molecular formula is C31H27N3O5. The highest BCUT2D eigenvalue weighted by Crippen LogP contribution is 2.58. The number of nitrogens with zero attached hydrogens (tertiary/aromatic N) is 3. The van der Waals surface area contributed by atoms with E-state index in [4.69, 9.17) is 4.74 Å². The summed E-state index contributed by atoms with van der Waals surface area (Å²) < 4.78 is 6.11. The van der Waals surface area contributed by atoms with Crippen LogP contribution in [-0.4, -0.2) is 45.5 Å². The van der Waals surface area contributed by atoms with Gasteiger partial charge in [0.15, 0.2) is 0 Å². The number of amides is 1. The minimum atomic E-state index is -1.24. The summed E-state index contributed by atoms with van der Waals surface area (Å²) in [6.45, 7) is 5.71. The van der Waals surface area contributed by atoms with Gasteiger partial charge in [-0.3, -0.25) is 4.79 Å². The van der Waals surface area contributed by atoms with Gasteiger partial charge in [0, 0.05) is 64.8 Å². The zero-order valence-electron chi connectivity index (χ0n) is 21.5. The van der Waals surface area contributed by atoms with Gasteiger partial charge in [-0.2, -0.15) is 5.10 Å². The number of benzene rings is 4. The van der Waals surface area contributed by atoms with Crippen molar-refractivity contribution in [3.05, 3.63) is 107 Å². The van der Waals surface area contributed by atoms with Crippen molar-refractivity contribution >= 4 is 17.8 Å². The summed E-state index contributed by atoms with van der Waals surface area (Å²) in [7, 11) is 0. The Morgan fingerprint density at radius 3 is 2.10 bits per heavy atom. The Balaban J connectivity index is 1.57. The lowest BCUT2D eigenvalue weighted by atomic mass is 9.75. The molecule has 0 radical (unpaired) electrons. The number of phenolic OH excluding ortho intramolecular Hbond substituents is 3. The van der Waals surface area contributed by atoms with Crippen LogP contribution in [0.2, 0.25) is 0 Å². The number of aromatic hydroxyl groups is 3. The van der Waals surface area contributed by atoms with Crippen molar-refractivity contribution in [3.63, 3.8) is 0 Å². The third-order valence-electron chi connectivity index (χ3n) is 7.44. The lowest BCUT2D eigenvalue weighted by Gasteiger charge is -2.41. The number of carbonyl (C=O) groups is 1. The summed E-state index contributed by atoms with van der Waals surface area (Å²) in [6, 6.07) is 22.1. The fraction of sp³-hybridized carbons (Fsp3) is 0.161. The van der Waals surface area contributed by atoms with Crippen LogP contribution in [0.1, 0.15) is 46.5 Å². The number of hydrogen-bond acceptors (Lipinski definition) is 7. The maximum atomic E-state index is 14.0. The number of phenols is 3. The van der Waals surface area contributed by atoms with Crippen molar-refractivity contribution in [2.24, 2.45) is 5.10 Å². The van der Waals surface area contributed by atoms with E-state index in [1.807, 2.05) is 18.2 Å². The van der Waals surface area contributed by atoms with E-state index in [0.717, 1.165) is 18.8 Å². The Labute approximate surface area is 225 Å². The first-order chi connectivity index (χ1) is 18.9. The van der Waals surface area contributed by atoms with Crippen molar-refractivity contribution in [2.75, 3.05) is 18.0 Å². The summed E-state index contributed by atoms with van der Waals surface area (Å²) in [4.78, 5) is 16.1. The molecule has 6 rings (SSSR count). The second kappa shape index (κ2) is 9.09. The fourth-order valence-corrected chi connectivity index (χ4v) is 5.62. The molecule has 2 aliphatic rings. The van der Waals surface area contributed by atoms with Gasteiger partial charge in [0.1, 0.15) is 34.3 Å². The first-order valence-corrected chi connectivity index (χ1v) is 12.8. The molecule has 0 fully saturated rings. The van der Waals surface area contributed by atoms with Gasteiger partial charge in [-0.15, -0.1) is 0 Å². The normalized spacial score (nSPS) is 14.7. The van der Waals surface area contributed by atoms with E-state index >= 15 is 0 Å². The molecule has 0 atom stereocenters. The highest BCUT2D eigenvalue weighted by molar-refractivity contribution is 6.03. The largest absolute Gasteiger partial charge is 0.508 e. The van der Waals surface area contributed by atoms with Crippen molar-refractivity contribution in [1.29, 1.82) is 0 Å².